The van der Waals surface area contributed by atoms with Crippen LogP contribution in [0.3, 0.4) is 0 Å². The molecule has 0 radical (unpaired) electrons. The largest absolute Gasteiger partial charge is 0.416 e. The number of rotatable bonds is 2. The van der Waals surface area contributed by atoms with Gasteiger partial charge in [0.1, 0.15) is 5.82 Å². The van der Waals surface area contributed by atoms with E-state index in [4.69, 9.17) is 5.73 Å². The first-order chi connectivity index (χ1) is 9.70. The zero-order chi connectivity index (χ0) is 15.8. The molecule has 0 saturated heterocycles. The van der Waals surface area contributed by atoms with Crippen molar-refractivity contribution in [2.24, 2.45) is 0 Å². The second-order valence-corrected chi connectivity index (χ2v) is 5.94. The number of hydrogen-bond acceptors (Lipinski definition) is 3. The SMILES string of the molecule is CC(C)c1nc(-c2ccc(C(F)(F)F)cc2)nc(N)c1I. The molecule has 0 atom stereocenters. The van der Waals surface area contributed by atoms with Gasteiger partial charge in [0, 0.05) is 5.56 Å². The van der Waals surface area contributed by atoms with E-state index in [1.54, 1.807) is 0 Å². The monoisotopic (exact) mass is 407 g/mol. The van der Waals surface area contributed by atoms with Crippen LogP contribution in [0.15, 0.2) is 24.3 Å². The summed E-state index contributed by atoms with van der Waals surface area (Å²) in [5.74, 6) is 0.824. The van der Waals surface area contributed by atoms with Crippen LogP contribution in [0.5, 0.6) is 0 Å². The molecule has 0 aliphatic heterocycles. The second kappa shape index (κ2) is 5.78. The Labute approximate surface area is 133 Å². The molecule has 0 aliphatic rings. The Hall–Kier alpha value is -1.38. The molecule has 0 aliphatic carbocycles. The quantitative estimate of drug-likeness (QED) is 0.748. The van der Waals surface area contributed by atoms with Crippen LogP contribution in [0.2, 0.25) is 0 Å². The number of halogens is 4. The third kappa shape index (κ3) is 3.45. The molecule has 0 amide bonds. The Morgan fingerprint density at radius 3 is 2.14 bits per heavy atom. The molecule has 2 rings (SSSR count). The fraction of sp³-hybridized carbons (Fsp3) is 0.286. The topological polar surface area (TPSA) is 51.8 Å². The van der Waals surface area contributed by atoms with Crippen molar-refractivity contribution in [2.45, 2.75) is 25.9 Å². The fourth-order valence-electron chi connectivity index (χ4n) is 1.80. The normalized spacial score (nSPS) is 12.0. The minimum Gasteiger partial charge on any atom is -0.383 e. The van der Waals surface area contributed by atoms with Gasteiger partial charge in [-0.1, -0.05) is 26.0 Å². The minimum absolute atomic E-state index is 0.149. The van der Waals surface area contributed by atoms with Gasteiger partial charge in [0.15, 0.2) is 5.82 Å². The average molecular weight is 407 g/mol. The molecule has 0 spiro atoms. The molecule has 1 aromatic carbocycles. The van der Waals surface area contributed by atoms with E-state index in [0.717, 1.165) is 21.4 Å². The summed E-state index contributed by atoms with van der Waals surface area (Å²) in [5.41, 5.74) is 6.45. The standard InChI is InChI=1S/C14H13F3IN3/c1-7(2)11-10(18)12(19)21-13(20-11)8-3-5-9(6-4-8)14(15,16)17/h3-7H,1-2H3,(H2,19,20,21). The van der Waals surface area contributed by atoms with Crippen LogP contribution in [0.4, 0.5) is 19.0 Å². The molecule has 21 heavy (non-hydrogen) atoms. The molecule has 1 aromatic heterocycles. The lowest BCUT2D eigenvalue weighted by Gasteiger charge is -2.12. The number of alkyl halides is 3. The van der Waals surface area contributed by atoms with Crippen molar-refractivity contribution in [3.8, 4) is 11.4 Å². The summed E-state index contributed by atoms with van der Waals surface area (Å²) in [7, 11) is 0. The van der Waals surface area contributed by atoms with Gasteiger partial charge >= 0.3 is 6.18 Å². The molecule has 0 unspecified atom stereocenters. The number of benzene rings is 1. The van der Waals surface area contributed by atoms with E-state index in [-0.39, 0.29) is 5.92 Å². The van der Waals surface area contributed by atoms with Gasteiger partial charge in [-0.25, -0.2) is 9.97 Å². The van der Waals surface area contributed by atoms with Gasteiger partial charge < -0.3 is 5.73 Å². The molecule has 2 N–H and O–H groups in total. The first kappa shape index (κ1) is 16.0. The summed E-state index contributed by atoms with van der Waals surface area (Å²) in [6.07, 6.45) is -4.35. The van der Waals surface area contributed by atoms with Crippen molar-refractivity contribution >= 4 is 28.4 Å². The Balaban J connectivity index is 2.47. The molecule has 7 heteroatoms. The van der Waals surface area contributed by atoms with Gasteiger partial charge in [0.25, 0.3) is 0 Å². The number of aromatic nitrogens is 2. The summed E-state index contributed by atoms with van der Waals surface area (Å²) < 4.78 is 38.4. The van der Waals surface area contributed by atoms with Crippen LogP contribution < -0.4 is 5.73 Å². The maximum atomic E-state index is 12.6. The third-order valence-corrected chi connectivity index (χ3v) is 4.03. The molecule has 0 bridgehead atoms. The summed E-state index contributed by atoms with van der Waals surface area (Å²) in [4.78, 5) is 8.57. The van der Waals surface area contributed by atoms with Crippen molar-refractivity contribution in [2.75, 3.05) is 5.73 Å². The summed E-state index contributed by atoms with van der Waals surface area (Å²) >= 11 is 2.07. The van der Waals surface area contributed by atoms with Gasteiger partial charge in [0.2, 0.25) is 0 Å². The summed E-state index contributed by atoms with van der Waals surface area (Å²) in [6.45, 7) is 3.95. The van der Waals surface area contributed by atoms with Gasteiger partial charge in [-0.15, -0.1) is 0 Å². The molecular weight excluding hydrogens is 394 g/mol. The van der Waals surface area contributed by atoms with Crippen LogP contribution >= 0.6 is 22.6 Å². The lowest BCUT2D eigenvalue weighted by atomic mass is 10.1. The number of nitrogens with two attached hydrogens (primary N) is 1. The van der Waals surface area contributed by atoms with E-state index >= 15 is 0 Å². The zero-order valence-electron chi connectivity index (χ0n) is 11.4. The van der Waals surface area contributed by atoms with Crippen LogP contribution in [-0.2, 0) is 6.18 Å². The average Bonchev–Trinajstić information content (AvgIpc) is 2.40. The number of nitrogens with zero attached hydrogens (tertiary/aromatic N) is 2. The van der Waals surface area contributed by atoms with Crippen molar-refractivity contribution in [3.05, 3.63) is 39.1 Å². The molecule has 3 nitrogen and oxygen atoms in total. The Bertz CT molecular complexity index is 652. The molecule has 1 heterocycles. The van der Waals surface area contributed by atoms with Crippen LogP contribution in [0.1, 0.15) is 31.0 Å². The zero-order valence-corrected chi connectivity index (χ0v) is 13.5. The van der Waals surface area contributed by atoms with Crippen molar-refractivity contribution in [3.63, 3.8) is 0 Å². The predicted molar refractivity (Wildman–Crippen MR) is 83.7 cm³/mol. The van der Waals surface area contributed by atoms with E-state index in [2.05, 4.69) is 32.6 Å². The first-order valence-electron chi connectivity index (χ1n) is 6.20. The Morgan fingerprint density at radius 2 is 1.67 bits per heavy atom. The van der Waals surface area contributed by atoms with Gasteiger partial charge in [-0.2, -0.15) is 13.2 Å². The Kier molecular flexibility index (Phi) is 4.40. The van der Waals surface area contributed by atoms with Crippen LogP contribution in [0.25, 0.3) is 11.4 Å². The molecule has 2 aromatic rings. The lowest BCUT2D eigenvalue weighted by molar-refractivity contribution is -0.137. The third-order valence-electron chi connectivity index (χ3n) is 2.92. The number of hydrogen-bond donors (Lipinski definition) is 1. The highest BCUT2D eigenvalue weighted by atomic mass is 127. The smallest absolute Gasteiger partial charge is 0.383 e. The minimum atomic E-state index is -4.35. The van der Waals surface area contributed by atoms with E-state index in [1.807, 2.05) is 13.8 Å². The molecule has 0 saturated carbocycles. The first-order valence-corrected chi connectivity index (χ1v) is 7.28. The van der Waals surface area contributed by atoms with Gasteiger partial charge in [0.05, 0.1) is 14.8 Å². The van der Waals surface area contributed by atoms with Crippen molar-refractivity contribution in [1.82, 2.24) is 9.97 Å². The maximum absolute atomic E-state index is 12.6. The second-order valence-electron chi connectivity index (χ2n) is 4.86. The molecule has 0 fully saturated rings. The number of anilines is 1. The van der Waals surface area contributed by atoms with E-state index in [1.165, 1.54) is 12.1 Å². The van der Waals surface area contributed by atoms with E-state index < -0.39 is 11.7 Å². The van der Waals surface area contributed by atoms with Crippen LogP contribution in [0, 0.1) is 3.57 Å². The van der Waals surface area contributed by atoms with Gasteiger partial charge in [-0.3, -0.25) is 0 Å². The summed E-state index contributed by atoms with van der Waals surface area (Å²) in [5, 5.41) is 0. The number of nitrogen functional groups attached to an aromatic ring is 1. The van der Waals surface area contributed by atoms with Crippen molar-refractivity contribution in [1.29, 1.82) is 0 Å². The molecular formula is C14H13F3IN3. The highest BCUT2D eigenvalue weighted by molar-refractivity contribution is 14.1. The predicted octanol–water partition coefficient (Wildman–Crippen LogP) is 4.47. The Morgan fingerprint density at radius 1 is 1.10 bits per heavy atom. The lowest BCUT2D eigenvalue weighted by Crippen LogP contribution is -2.07. The van der Waals surface area contributed by atoms with E-state index in [9.17, 15) is 13.2 Å². The highest BCUT2D eigenvalue weighted by Crippen LogP contribution is 2.31. The maximum Gasteiger partial charge on any atom is 0.416 e. The van der Waals surface area contributed by atoms with E-state index in [0.29, 0.717) is 17.2 Å². The van der Waals surface area contributed by atoms with Crippen molar-refractivity contribution < 1.29 is 13.2 Å². The highest BCUT2D eigenvalue weighted by Gasteiger charge is 2.30. The molecule has 112 valence electrons. The van der Waals surface area contributed by atoms with Crippen LogP contribution in [-0.4, -0.2) is 9.97 Å². The van der Waals surface area contributed by atoms with Gasteiger partial charge in [-0.05, 0) is 40.6 Å². The summed E-state index contributed by atoms with van der Waals surface area (Å²) in [6, 6.07) is 4.74. The fourth-order valence-corrected chi connectivity index (χ4v) is 2.67.